The Labute approximate surface area is 184 Å². The minimum atomic E-state index is -0.636. The highest BCUT2D eigenvalue weighted by Crippen LogP contribution is 2.39. The quantitative estimate of drug-likeness (QED) is 0.401. The lowest BCUT2D eigenvalue weighted by Crippen LogP contribution is -2.38. The Morgan fingerprint density at radius 1 is 0.968 bits per heavy atom. The molecule has 0 spiro atoms. The average molecular weight is 422 g/mol. The average Bonchev–Trinajstić information content (AvgIpc) is 3.04. The molecule has 1 N–H and O–H groups in total. The van der Waals surface area contributed by atoms with E-state index in [-0.39, 0.29) is 11.3 Å². The van der Waals surface area contributed by atoms with Crippen molar-refractivity contribution in [3.63, 3.8) is 0 Å². The van der Waals surface area contributed by atoms with Crippen LogP contribution in [0, 0.1) is 0 Å². The standard InChI is InChI=1S/C25H31N3O3/c1-5-27(6-2)16-17-28-22(18-12-14-20(15-13-18)26(3)4)21(24(30)25(28)31)23(29)19-10-8-7-9-11-19/h7-15,22,29H,5-6,16-17H2,1-4H3/b23-21-. The monoisotopic (exact) mass is 421 g/mol. The molecule has 1 fully saturated rings. The van der Waals surface area contributed by atoms with Crippen LogP contribution in [0.4, 0.5) is 5.69 Å². The van der Waals surface area contributed by atoms with Crippen LogP contribution in [-0.2, 0) is 9.59 Å². The number of anilines is 1. The lowest BCUT2D eigenvalue weighted by atomic mass is 9.95. The van der Waals surface area contributed by atoms with E-state index in [9.17, 15) is 14.7 Å². The van der Waals surface area contributed by atoms with Gasteiger partial charge < -0.3 is 19.8 Å². The summed E-state index contributed by atoms with van der Waals surface area (Å²) in [6.45, 7) is 6.96. The molecular weight excluding hydrogens is 390 g/mol. The molecule has 1 atom stereocenters. The number of carbonyl (C=O) groups excluding carboxylic acids is 2. The Kier molecular flexibility index (Phi) is 7.13. The maximum atomic E-state index is 13.0. The number of rotatable bonds is 8. The summed E-state index contributed by atoms with van der Waals surface area (Å²) in [5.41, 5.74) is 2.50. The molecule has 1 amide bonds. The van der Waals surface area contributed by atoms with Gasteiger partial charge in [-0.3, -0.25) is 9.59 Å². The number of ketones is 1. The van der Waals surface area contributed by atoms with Gasteiger partial charge in [0.1, 0.15) is 5.76 Å². The van der Waals surface area contributed by atoms with Crippen molar-refractivity contribution in [1.82, 2.24) is 9.80 Å². The lowest BCUT2D eigenvalue weighted by molar-refractivity contribution is -0.140. The zero-order valence-electron chi connectivity index (χ0n) is 18.7. The number of aliphatic hydroxyl groups excluding tert-OH is 1. The number of hydrogen-bond donors (Lipinski definition) is 1. The zero-order valence-corrected chi connectivity index (χ0v) is 18.7. The van der Waals surface area contributed by atoms with Gasteiger partial charge in [-0.1, -0.05) is 56.3 Å². The molecule has 0 saturated carbocycles. The third kappa shape index (κ3) is 4.64. The van der Waals surface area contributed by atoms with Gasteiger partial charge in [-0.2, -0.15) is 0 Å². The smallest absolute Gasteiger partial charge is 0.295 e. The maximum absolute atomic E-state index is 13.0. The Morgan fingerprint density at radius 2 is 1.58 bits per heavy atom. The summed E-state index contributed by atoms with van der Waals surface area (Å²) >= 11 is 0. The van der Waals surface area contributed by atoms with Gasteiger partial charge in [0.05, 0.1) is 11.6 Å². The highest BCUT2D eigenvalue weighted by atomic mass is 16.3. The largest absolute Gasteiger partial charge is 0.507 e. The molecule has 3 rings (SSSR count). The van der Waals surface area contributed by atoms with Crippen molar-refractivity contribution in [2.45, 2.75) is 19.9 Å². The number of benzene rings is 2. The summed E-state index contributed by atoms with van der Waals surface area (Å²) in [4.78, 5) is 31.8. The number of hydrogen-bond acceptors (Lipinski definition) is 5. The van der Waals surface area contributed by atoms with Crippen molar-refractivity contribution < 1.29 is 14.7 Å². The Morgan fingerprint density at radius 3 is 2.13 bits per heavy atom. The van der Waals surface area contributed by atoms with Gasteiger partial charge >= 0.3 is 0 Å². The minimum absolute atomic E-state index is 0.133. The highest BCUT2D eigenvalue weighted by molar-refractivity contribution is 6.46. The molecule has 1 heterocycles. The lowest BCUT2D eigenvalue weighted by Gasteiger charge is -2.28. The van der Waals surface area contributed by atoms with Crippen LogP contribution >= 0.6 is 0 Å². The van der Waals surface area contributed by atoms with E-state index in [1.807, 2.05) is 49.3 Å². The summed E-state index contributed by atoms with van der Waals surface area (Å²) in [5, 5.41) is 11.0. The number of likely N-dealkylation sites (tertiary alicyclic amines) is 1. The molecule has 0 radical (unpaired) electrons. The van der Waals surface area contributed by atoms with E-state index in [4.69, 9.17) is 0 Å². The van der Waals surface area contributed by atoms with Gasteiger partial charge in [0.25, 0.3) is 11.7 Å². The van der Waals surface area contributed by atoms with Crippen molar-refractivity contribution in [2.75, 3.05) is 45.2 Å². The van der Waals surface area contributed by atoms with E-state index in [0.29, 0.717) is 18.7 Å². The van der Waals surface area contributed by atoms with Crippen LogP contribution in [0.25, 0.3) is 5.76 Å². The van der Waals surface area contributed by atoms with Crippen molar-refractivity contribution >= 4 is 23.1 Å². The summed E-state index contributed by atoms with van der Waals surface area (Å²) < 4.78 is 0. The molecule has 0 aromatic heterocycles. The topological polar surface area (TPSA) is 64.1 Å². The maximum Gasteiger partial charge on any atom is 0.295 e. The second-order valence-electron chi connectivity index (χ2n) is 7.87. The second-order valence-corrected chi connectivity index (χ2v) is 7.87. The fourth-order valence-electron chi connectivity index (χ4n) is 3.95. The molecule has 6 heteroatoms. The Bertz CT molecular complexity index is 948. The van der Waals surface area contributed by atoms with E-state index in [1.165, 1.54) is 0 Å². The Balaban J connectivity index is 2.08. The van der Waals surface area contributed by atoms with E-state index in [0.717, 1.165) is 24.3 Å². The van der Waals surface area contributed by atoms with Crippen LogP contribution in [-0.4, -0.2) is 66.9 Å². The number of Topliss-reactive ketones (excluding diaryl/α,β-unsaturated/α-hetero) is 1. The highest BCUT2D eigenvalue weighted by Gasteiger charge is 2.45. The van der Waals surface area contributed by atoms with Gasteiger partial charge in [0.2, 0.25) is 0 Å². The van der Waals surface area contributed by atoms with Crippen molar-refractivity contribution in [1.29, 1.82) is 0 Å². The molecule has 1 unspecified atom stereocenters. The summed E-state index contributed by atoms with van der Waals surface area (Å²) in [7, 11) is 3.92. The van der Waals surface area contributed by atoms with Crippen molar-refractivity contribution in [3.05, 3.63) is 71.3 Å². The SMILES string of the molecule is CCN(CC)CCN1C(=O)C(=O)/C(=C(\O)c2ccccc2)C1c1ccc(N(C)C)cc1. The van der Waals surface area contributed by atoms with Gasteiger partial charge in [-0.25, -0.2) is 0 Å². The number of likely N-dealkylation sites (N-methyl/N-ethyl adjacent to an activating group) is 1. The molecule has 0 aliphatic carbocycles. The van der Waals surface area contributed by atoms with E-state index in [2.05, 4.69) is 18.7 Å². The molecule has 2 aromatic carbocycles. The molecule has 2 aromatic rings. The van der Waals surface area contributed by atoms with Crippen molar-refractivity contribution in [3.8, 4) is 0 Å². The first-order valence-electron chi connectivity index (χ1n) is 10.7. The first kappa shape index (κ1) is 22.6. The minimum Gasteiger partial charge on any atom is -0.507 e. The van der Waals surface area contributed by atoms with E-state index < -0.39 is 17.7 Å². The predicted molar refractivity (Wildman–Crippen MR) is 124 cm³/mol. The van der Waals surface area contributed by atoms with E-state index in [1.54, 1.807) is 29.2 Å². The van der Waals surface area contributed by atoms with Crippen LogP contribution in [0.5, 0.6) is 0 Å². The zero-order chi connectivity index (χ0) is 22.5. The predicted octanol–water partition coefficient (Wildman–Crippen LogP) is 3.52. The van der Waals surface area contributed by atoms with Gasteiger partial charge in [0.15, 0.2) is 0 Å². The van der Waals surface area contributed by atoms with Crippen LogP contribution in [0.1, 0.15) is 31.0 Å². The molecule has 1 aliphatic heterocycles. The van der Waals surface area contributed by atoms with Gasteiger partial charge in [-0.15, -0.1) is 0 Å². The normalized spacial score (nSPS) is 18.1. The van der Waals surface area contributed by atoms with E-state index >= 15 is 0 Å². The first-order chi connectivity index (χ1) is 14.9. The van der Waals surface area contributed by atoms with Crippen LogP contribution in [0.3, 0.4) is 0 Å². The third-order valence-electron chi connectivity index (χ3n) is 5.86. The number of nitrogens with zero attached hydrogens (tertiary/aromatic N) is 3. The Hall–Kier alpha value is -3.12. The van der Waals surface area contributed by atoms with Crippen LogP contribution < -0.4 is 4.90 Å². The van der Waals surface area contributed by atoms with Crippen LogP contribution in [0.15, 0.2) is 60.2 Å². The third-order valence-corrected chi connectivity index (χ3v) is 5.86. The molecule has 1 aliphatic rings. The molecule has 0 bridgehead atoms. The molecular formula is C25H31N3O3. The number of amides is 1. The summed E-state index contributed by atoms with van der Waals surface area (Å²) in [6.07, 6.45) is 0. The summed E-state index contributed by atoms with van der Waals surface area (Å²) in [6, 6.07) is 16.1. The molecule has 164 valence electrons. The van der Waals surface area contributed by atoms with Crippen molar-refractivity contribution in [2.24, 2.45) is 0 Å². The van der Waals surface area contributed by atoms with Gasteiger partial charge in [-0.05, 0) is 30.8 Å². The fraction of sp³-hybridized carbons (Fsp3) is 0.360. The molecule has 6 nitrogen and oxygen atoms in total. The first-order valence-corrected chi connectivity index (χ1v) is 10.7. The van der Waals surface area contributed by atoms with Gasteiger partial charge in [0, 0.05) is 38.4 Å². The summed E-state index contributed by atoms with van der Waals surface area (Å²) in [5.74, 6) is -1.33. The molecule has 31 heavy (non-hydrogen) atoms. The molecule has 1 saturated heterocycles. The number of carbonyl (C=O) groups is 2. The number of aliphatic hydroxyl groups is 1. The fourth-order valence-corrected chi connectivity index (χ4v) is 3.95. The second kappa shape index (κ2) is 9.79. The van der Waals surface area contributed by atoms with Crippen LogP contribution in [0.2, 0.25) is 0 Å².